The number of benzene rings is 2. The van der Waals surface area contributed by atoms with Crippen LogP contribution < -0.4 is 4.72 Å². The first-order chi connectivity index (χ1) is 13.4. The van der Waals surface area contributed by atoms with Crippen molar-refractivity contribution in [1.29, 1.82) is 0 Å². The number of sulfonamides is 1. The largest absolute Gasteiger partial charge is 0.306 e. The second-order valence-corrected chi connectivity index (χ2v) is 7.71. The number of nitro benzene ring substituents is 1. The fraction of sp³-hybridized carbons (Fsp3) is 0. The number of non-ortho nitro benzene ring substituents is 1. The van der Waals surface area contributed by atoms with Gasteiger partial charge in [0.15, 0.2) is 0 Å². The number of rotatable bonds is 5. The number of nitrogens with zero attached hydrogens (tertiary/aromatic N) is 3. The Balaban J connectivity index is 1.55. The van der Waals surface area contributed by atoms with Gasteiger partial charge in [0.05, 0.1) is 15.5 Å². The van der Waals surface area contributed by atoms with Crippen molar-refractivity contribution in [3.8, 4) is 11.3 Å². The van der Waals surface area contributed by atoms with Gasteiger partial charge in [-0.15, -0.1) is 0 Å². The minimum absolute atomic E-state index is 0.0532. The molecule has 0 atom stereocenters. The summed E-state index contributed by atoms with van der Waals surface area (Å²) in [7, 11) is -3.85. The van der Waals surface area contributed by atoms with E-state index in [1.165, 1.54) is 12.1 Å². The number of anilines is 1. The van der Waals surface area contributed by atoms with Crippen LogP contribution in [0.2, 0.25) is 0 Å². The minimum Gasteiger partial charge on any atom is -0.306 e. The van der Waals surface area contributed by atoms with Gasteiger partial charge in [0.1, 0.15) is 5.65 Å². The summed E-state index contributed by atoms with van der Waals surface area (Å²) in [6.45, 7) is 0. The molecule has 9 heteroatoms. The van der Waals surface area contributed by atoms with E-state index in [4.69, 9.17) is 0 Å². The van der Waals surface area contributed by atoms with Gasteiger partial charge in [-0.25, -0.2) is 13.4 Å². The lowest BCUT2D eigenvalue weighted by Crippen LogP contribution is -2.12. The number of hydrogen-bond acceptors (Lipinski definition) is 5. The fourth-order valence-electron chi connectivity index (χ4n) is 2.74. The third-order valence-electron chi connectivity index (χ3n) is 4.15. The van der Waals surface area contributed by atoms with E-state index in [1.54, 1.807) is 24.3 Å². The van der Waals surface area contributed by atoms with Crippen molar-refractivity contribution < 1.29 is 13.3 Å². The van der Waals surface area contributed by atoms with Crippen LogP contribution in [0.3, 0.4) is 0 Å². The van der Waals surface area contributed by atoms with Gasteiger partial charge < -0.3 is 4.40 Å². The number of nitro groups is 1. The summed E-state index contributed by atoms with van der Waals surface area (Å²) in [5, 5.41) is 10.7. The highest BCUT2D eigenvalue weighted by Crippen LogP contribution is 2.23. The van der Waals surface area contributed by atoms with Gasteiger partial charge in [-0.05, 0) is 36.4 Å². The third kappa shape index (κ3) is 3.42. The van der Waals surface area contributed by atoms with Crippen molar-refractivity contribution in [2.45, 2.75) is 4.90 Å². The van der Waals surface area contributed by atoms with Crippen LogP contribution in [0.25, 0.3) is 16.9 Å². The lowest BCUT2D eigenvalue weighted by atomic mass is 10.1. The zero-order valence-electron chi connectivity index (χ0n) is 14.4. The van der Waals surface area contributed by atoms with E-state index in [0.29, 0.717) is 5.69 Å². The Labute approximate surface area is 160 Å². The average Bonchev–Trinajstić information content (AvgIpc) is 3.12. The Morgan fingerprint density at radius 1 is 0.964 bits per heavy atom. The number of imidazole rings is 1. The predicted molar refractivity (Wildman–Crippen MR) is 105 cm³/mol. The summed E-state index contributed by atoms with van der Waals surface area (Å²) < 4.78 is 29.3. The molecule has 28 heavy (non-hydrogen) atoms. The molecule has 0 saturated heterocycles. The zero-order chi connectivity index (χ0) is 19.7. The highest BCUT2D eigenvalue weighted by Gasteiger charge is 2.16. The second-order valence-electron chi connectivity index (χ2n) is 6.03. The topological polar surface area (TPSA) is 107 Å². The van der Waals surface area contributed by atoms with Gasteiger partial charge in [0.25, 0.3) is 15.7 Å². The first-order valence-corrected chi connectivity index (χ1v) is 9.72. The van der Waals surface area contributed by atoms with Gasteiger partial charge in [-0.1, -0.05) is 18.2 Å². The minimum atomic E-state index is -3.85. The first kappa shape index (κ1) is 17.7. The molecule has 0 amide bonds. The maximum atomic E-state index is 12.5. The van der Waals surface area contributed by atoms with Crippen molar-refractivity contribution in [1.82, 2.24) is 9.38 Å². The molecular weight excluding hydrogens is 380 g/mol. The molecule has 1 N–H and O–H groups in total. The molecule has 0 aliphatic rings. The normalized spacial score (nSPS) is 11.4. The monoisotopic (exact) mass is 394 g/mol. The van der Waals surface area contributed by atoms with Crippen molar-refractivity contribution in [3.05, 3.63) is 89.2 Å². The highest BCUT2D eigenvalue weighted by atomic mass is 32.2. The van der Waals surface area contributed by atoms with E-state index in [-0.39, 0.29) is 10.6 Å². The van der Waals surface area contributed by atoms with Crippen LogP contribution in [-0.2, 0) is 10.0 Å². The van der Waals surface area contributed by atoms with E-state index in [1.807, 2.05) is 35.0 Å². The lowest BCUT2D eigenvalue weighted by Gasteiger charge is -2.08. The van der Waals surface area contributed by atoms with Crippen LogP contribution in [0.5, 0.6) is 0 Å². The van der Waals surface area contributed by atoms with Crippen molar-refractivity contribution in [2.24, 2.45) is 0 Å². The summed E-state index contributed by atoms with van der Waals surface area (Å²) in [6.07, 6.45) is 3.80. The predicted octanol–water partition coefficient (Wildman–Crippen LogP) is 3.71. The molecule has 4 rings (SSSR count). The number of pyridine rings is 1. The molecule has 0 spiro atoms. The molecule has 140 valence electrons. The molecule has 0 aliphatic heterocycles. The molecule has 0 unspecified atom stereocenters. The summed E-state index contributed by atoms with van der Waals surface area (Å²) >= 11 is 0. The molecule has 2 heterocycles. The molecule has 8 nitrogen and oxygen atoms in total. The number of hydrogen-bond donors (Lipinski definition) is 1. The Hall–Kier alpha value is -3.72. The number of fused-ring (bicyclic) bond motifs is 1. The van der Waals surface area contributed by atoms with E-state index < -0.39 is 14.9 Å². The Bertz CT molecular complexity index is 1230. The smallest absolute Gasteiger partial charge is 0.269 e. The molecule has 0 fully saturated rings. The molecule has 0 bridgehead atoms. The van der Waals surface area contributed by atoms with Crippen molar-refractivity contribution >= 4 is 27.0 Å². The number of aromatic nitrogens is 2. The van der Waals surface area contributed by atoms with Gasteiger partial charge in [-0.3, -0.25) is 14.8 Å². The van der Waals surface area contributed by atoms with E-state index in [9.17, 15) is 18.5 Å². The van der Waals surface area contributed by atoms with Crippen molar-refractivity contribution in [3.63, 3.8) is 0 Å². The van der Waals surface area contributed by atoms with Gasteiger partial charge >= 0.3 is 0 Å². The van der Waals surface area contributed by atoms with Crippen LogP contribution in [0.15, 0.2) is 84.0 Å². The Kier molecular flexibility index (Phi) is 4.28. The van der Waals surface area contributed by atoms with Gasteiger partial charge in [0.2, 0.25) is 0 Å². The molecule has 2 aromatic heterocycles. The standard InChI is InChI=1S/C19H14N4O4S/c24-23(25)16-8-10-17(11-9-16)28(26,27)21-15-6-4-14(5-7-15)18-13-22-12-2-1-3-19(22)20-18/h1-13,21H. The molecule has 2 aromatic carbocycles. The SMILES string of the molecule is O=[N+]([O-])c1ccc(S(=O)(=O)Nc2ccc(-c3cn4ccccc4n3)cc2)cc1. The van der Waals surface area contributed by atoms with Crippen LogP contribution in [0.1, 0.15) is 0 Å². The maximum absolute atomic E-state index is 12.5. The zero-order valence-corrected chi connectivity index (χ0v) is 15.2. The van der Waals surface area contributed by atoms with E-state index in [0.717, 1.165) is 29.0 Å². The maximum Gasteiger partial charge on any atom is 0.269 e. The Morgan fingerprint density at radius 2 is 1.68 bits per heavy atom. The summed E-state index contributed by atoms with van der Waals surface area (Å²) in [5.41, 5.74) is 2.65. The average molecular weight is 394 g/mol. The molecule has 4 aromatic rings. The van der Waals surface area contributed by atoms with Crippen LogP contribution in [0.4, 0.5) is 11.4 Å². The van der Waals surface area contributed by atoms with Crippen LogP contribution >= 0.6 is 0 Å². The third-order valence-corrected chi connectivity index (χ3v) is 5.55. The number of nitrogens with one attached hydrogen (secondary N) is 1. The molecular formula is C19H14N4O4S. The van der Waals surface area contributed by atoms with Gasteiger partial charge in [0, 0.05) is 35.8 Å². The van der Waals surface area contributed by atoms with Gasteiger partial charge in [-0.2, -0.15) is 0 Å². The second kappa shape index (κ2) is 6.78. The Morgan fingerprint density at radius 3 is 2.32 bits per heavy atom. The summed E-state index contributed by atoms with van der Waals surface area (Å²) in [6, 6.07) is 17.3. The summed E-state index contributed by atoms with van der Waals surface area (Å²) in [5.74, 6) is 0. The first-order valence-electron chi connectivity index (χ1n) is 8.24. The highest BCUT2D eigenvalue weighted by molar-refractivity contribution is 7.92. The van der Waals surface area contributed by atoms with E-state index in [2.05, 4.69) is 9.71 Å². The van der Waals surface area contributed by atoms with Crippen LogP contribution in [0, 0.1) is 10.1 Å². The molecule has 0 radical (unpaired) electrons. The lowest BCUT2D eigenvalue weighted by molar-refractivity contribution is -0.384. The fourth-order valence-corrected chi connectivity index (χ4v) is 3.80. The van der Waals surface area contributed by atoms with Crippen molar-refractivity contribution in [2.75, 3.05) is 4.72 Å². The quantitative estimate of drug-likeness (QED) is 0.410. The van der Waals surface area contributed by atoms with E-state index >= 15 is 0 Å². The van der Waals surface area contributed by atoms with Crippen LogP contribution in [-0.4, -0.2) is 22.7 Å². The molecule has 0 saturated carbocycles. The molecule has 0 aliphatic carbocycles. The summed E-state index contributed by atoms with van der Waals surface area (Å²) in [4.78, 5) is 14.6.